The molecule has 0 spiro atoms. The predicted molar refractivity (Wildman–Crippen MR) is 123 cm³/mol. The largest absolute Gasteiger partial charge is 0.488 e. The molecule has 30 heavy (non-hydrogen) atoms. The van der Waals surface area contributed by atoms with Gasteiger partial charge in [-0.1, -0.05) is 35.9 Å². The van der Waals surface area contributed by atoms with Crippen LogP contribution >= 0.6 is 0 Å². The highest BCUT2D eigenvalue weighted by Crippen LogP contribution is 2.41. The quantitative estimate of drug-likeness (QED) is 0.618. The molecule has 0 amide bonds. The summed E-state index contributed by atoms with van der Waals surface area (Å²) in [6.07, 6.45) is 18.2. The van der Waals surface area contributed by atoms with E-state index >= 15 is 0 Å². The summed E-state index contributed by atoms with van der Waals surface area (Å²) in [6.45, 7) is 8.39. The predicted octanol–water partition coefficient (Wildman–Crippen LogP) is 5.41. The lowest BCUT2D eigenvalue weighted by molar-refractivity contribution is 0.147. The number of ether oxygens (including phenoxy) is 1. The van der Waals surface area contributed by atoms with Gasteiger partial charge in [-0.15, -0.1) is 5.73 Å². The Hall–Kier alpha value is -2.61. The number of nitrogens with zero attached hydrogens (tertiary/aromatic N) is 2. The van der Waals surface area contributed by atoms with Crippen LogP contribution in [0.1, 0.15) is 32.4 Å². The van der Waals surface area contributed by atoms with Crippen LogP contribution in [-0.4, -0.2) is 36.1 Å². The van der Waals surface area contributed by atoms with Crippen LogP contribution in [0.4, 0.5) is 0 Å². The summed E-state index contributed by atoms with van der Waals surface area (Å²) in [6, 6.07) is 6.19. The van der Waals surface area contributed by atoms with Crippen LogP contribution in [0, 0.1) is 11.8 Å². The maximum atomic E-state index is 6.11. The zero-order valence-electron chi connectivity index (χ0n) is 18.2. The van der Waals surface area contributed by atoms with Crippen LogP contribution in [0.2, 0.25) is 0 Å². The highest BCUT2D eigenvalue weighted by atomic mass is 16.5. The molecule has 1 atom stereocenters. The third-order valence-electron chi connectivity index (χ3n) is 6.24. The molecule has 0 saturated carbocycles. The number of rotatable bonds is 5. The van der Waals surface area contributed by atoms with Crippen molar-refractivity contribution in [3.63, 3.8) is 0 Å². The molecule has 0 aromatic carbocycles. The third kappa shape index (κ3) is 5.11. The zero-order valence-corrected chi connectivity index (χ0v) is 18.2. The number of aromatic nitrogens is 1. The van der Waals surface area contributed by atoms with E-state index < -0.39 is 0 Å². The Bertz CT molecular complexity index is 917. The van der Waals surface area contributed by atoms with E-state index in [1.165, 1.54) is 35.3 Å². The number of allylic oxidation sites excluding steroid dienone is 7. The van der Waals surface area contributed by atoms with Gasteiger partial charge in [0.2, 0.25) is 0 Å². The molecule has 1 aromatic rings. The van der Waals surface area contributed by atoms with Crippen LogP contribution in [0.25, 0.3) is 0 Å². The second-order valence-electron chi connectivity index (χ2n) is 8.66. The minimum Gasteiger partial charge on any atom is -0.488 e. The van der Waals surface area contributed by atoms with Crippen LogP contribution < -0.4 is 0 Å². The van der Waals surface area contributed by atoms with Crippen molar-refractivity contribution in [3.8, 4) is 0 Å². The topological polar surface area (TPSA) is 25.4 Å². The minimum atomic E-state index is 0.433. The Morgan fingerprint density at radius 2 is 2.13 bits per heavy atom. The molecule has 3 heterocycles. The molecule has 1 unspecified atom stereocenters. The molecule has 3 heteroatoms. The highest BCUT2D eigenvalue weighted by Gasteiger charge is 2.34. The summed E-state index contributed by atoms with van der Waals surface area (Å²) >= 11 is 0. The Balaban J connectivity index is 1.46. The average Bonchev–Trinajstić information content (AvgIpc) is 3.02. The van der Waals surface area contributed by atoms with E-state index in [0.29, 0.717) is 18.4 Å². The second kappa shape index (κ2) is 9.93. The summed E-state index contributed by atoms with van der Waals surface area (Å²) < 4.78 is 6.11. The number of hydrogen-bond donors (Lipinski definition) is 0. The summed E-state index contributed by atoms with van der Waals surface area (Å²) in [7, 11) is 0. The fourth-order valence-electron chi connectivity index (χ4n) is 4.64. The van der Waals surface area contributed by atoms with Gasteiger partial charge in [-0.3, -0.25) is 4.98 Å². The van der Waals surface area contributed by atoms with Gasteiger partial charge in [-0.2, -0.15) is 0 Å². The number of hydrogen-bond acceptors (Lipinski definition) is 3. The second-order valence-corrected chi connectivity index (χ2v) is 8.66. The Kier molecular flexibility index (Phi) is 6.84. The van der Waals surface area contributed by atoms with Gasteiger partial charge in [0, 0.05) is 42.4 Å². The maximum Gasteiger partial charge on any atom is 0.131 e. The van der Waals surface area contributed by atoms with Gasteiger partial charge >= 0.3 is 0 Å². The molecule has 2 aliphatic heterocycles. The van der Waals surface area contributed by atoms with Crippen molar-refractivity contribution >= 4 is 0 Å². The van der Waals surface area contributed by atoms with Gasteiger partial charge in [0.1, 0.15) is 12.4 Å². The summed E-state index contributed by atoms with van der Waals surface area (Å²) in [5, 5.41) is 0. The van der Waals surface area contributed by atoms with Crippen LogP contribution in [-0.2, 0) is 11.2 Å². The van der Waals surface area contributed by atoms with Crippen molar-refractivity contribution in [2.75, 3.05) is 26.2 Å². The lowest BCUT2D eigenvalue weighted by Crippen LogP contribution is -2.39. The van der Waals surface area contributed by atoms with Crippen LogP contribution in [0.15, 0.2) is 89.1 Å². The molecule has 0 N–H and O–H groups in total. The number of piperidine rings is 1. The Morgan fingerprint density at radius 3 is 2.90 bits per heavy atom. The van der Waals surface area contributed by atoms with Gasteiger partial charge in [0.05, 0.1) is 0 Å². The molecule has 1 aromatic heterocycles. The summed E-state index contributed by atoms with van der Waals surface area (Å²) in [5.74, 6) is 2.08. The molecule has 1 fully saturated rings. The van der Waals surface area contributed by atoms with E-state index in [9.17, 15) is 0 Å². The standard InChI is InChI=1S/C27H32N2O/c1-21(2)11-12-23-20-30-26-10-5-3-4-9-25(26)27(23)22-13-17-29(18-14-22)19-15-24-8-6-7-16-28-24/h3-4,6-12,16,22,27H,13-15,17-20H2,1-2H3/b23-12+. The molecule has 1 saturated heterocycles. The van der Waals surface area contributed by atoms with Crippen molar-refractivity contribution in [1.82, 2.24) is 9.88 Å². The zero-order chi connectivity index (χ0) is 20.8. The van der Waals surface area contributed by atoms with E-state index in [-0.39, 0.29) is 0 Å². The molecular weight excluding hydrogens is 368 g/mol. The molecule has 0 bridgehead atoms. The van der Waals surface area contributed by atoms with Crippen LogP contribution in [0.3, 0.4) is 0 Å². The van der Waals surface area contributed by atoms with E-state index in [0.717, 1.165) is 31.8 Å². The molecule has 156 valence electrons. The van der Waals surface area contributed by atoms with Gasteiger partial charge in [0.25, 0.3) is 0 Å². The SMILES string of the molecule is CC(C)=C/C=C1\COC2=C(C=CC=C=C2)C1C1CCN(CCc2ccccn2)CC1. The lowest BCUT2D eigenvalue weighted by Gasteiger charge is -2.39. The summed E-state index contributed by atoms with van der Waals surface area (Å²) in [4.78, 5) is 7.07. The maximum absolute atomic E-state index is 6.11. The number of pyridine rings is 1. The lowest BCUT2D eigenvalue weighted by atomic mass is 9.74. The fourth-order valence-corrected chi connectivity index (χ4v) is 4.64. The van der Waals surface area contributed by atoms with E-state index in [1.807, 2.05) is 24.4 Å². The van der Waals surface area contributed by atoms with Gasteiger partial charge in [-0.05, 0) is 69.5 Å². The monoisotopic (exact) mass is 400 g/mol. The first-order valence-electron chi connectivity index (χ1n) is 11.1. The smallest absolute Gasteiger partial charge is 0.131 e. The molecule has 3 aliphatic rings. The Morgan fingerprint density at radius 1 is 1.27 bits per heavy atom. The average molecular weight is 401 g/mol. The van der Waals surface area contributed by atoms with Crippen molar-refractivity contribution in [3.05, 3.63) is 94.8 Å². The van der Waals surface area contributed by atoms with E-state index in [4.69, 9.17) is 4.74 Å². The highest BCUT2D eigenvalue weighted by molar-refractivity contribution is 5.43. The van der Waals surface area contributed by atoms with Crippen molar-refractivity contribution in [2.45, 2.75) is 33.1 Å². The van der Waals surface area contributed by atoms with Crippen molar-refractivity contribution in [2.24, 2.45) is 11.8 Å². The van der Waals surface area contributed by atoms with Crippen molar-refractivity contribution < 1.29 is 4.74 Å². The summed E-state index contributed by atoms with van der Waals surface area (Å²) in [5.41, 5.74) is 8.45. The first kappa shape index (κ1) is 20.7. The molecule has 1 aliphatic carbocycles. The van der Waals surface area contributed by atoms with Gasteiger partial charge < -0.3 is 9.64 Å². The van der Waals surface area contributed by atoms with Gasteiger partial charge in [0.15, 0.2) is 0 Å². The van der Waals surface area contributed by atoms with E-state index in [1.54, 1.807) is 0 Å². The van der Waals surface area contributed by atoms with Gasteiger partial charge in [-0.25, -0.2) is 0 Å². The molecule has 3 nitrogen and oxygen atoms in total. The van der Waals surface area contributed by atoms with Crippen LogP contribution in [0.5, 0.6) is 0 Å². The fraction of sp³-hybridized carbons (Fsp3) is 0.407. The number of likely N-dealkylation sites (tertiary alicyclic amines) is 1. The van der Waals surface area contributed by atoms with Crippen molar-refractivity contribution in [1.29, 1.82) is 0 Å². The molecule has 4 rings (SSSR count). The third-order valence-corrected chi connectivity index (χ3v) is 6.24. The van der Waals surface area contributed by atoms with E-state index in [2.05, 4.69) is 65.9 Å². The minimum absolute atomic E-state index is 0.433. The molecule has 0 radical (unpaired) electrons. The first-order chi connectivity index (χ1) is 14.7. The molecular formula is C27H32N2O. The first-order valence-corrected chi connectivity index (χ1v) is 11.1. The normalized spacial score (nSPS) is 23.3. The Labute approximate surface area is 180 Å².